The van der Waals surface area contributed by atoms with Gasteiger partial charge in [-0.1, -0.05) is 6.07 Å². The van der Waals surface area contributed by atoms with Crippen LogP contribution in [-0.2, 0) is 0 Å². The summed E-state index contributed by atoms with van der Waals surface area (Å²) in [6, 6.07) is 9.03. The molecule has 0 atom stereocenters. The average molecular weight is 490 g/mol. The van der Waals surface area contributed by atoms with E-state index < -0.39 is 33.9 Å². The molecule has 2 heterocycles. The molecule has 2 aromatic heterocycles. The monoisotopic (exact) mass is 490 g/mol. The van der Waals surface area contributed by atoms with Crippen molar-refractivity contribution in [3.8, 4) is 0 Å². The summed E-state index contributed by atoms with van der Waals surface area (Å²) in [6.45, 7) is 0. The zero-order valence-electron chi connectivity index (χ0n) is 17.8. The van der Waals surface area contributed by atoms with Gasteiger partial charge in [-0.15, -0.1) is 0 Å². The Bertz CT molecular complexity index is 2150. The van der Waals surface area contributed by atoms with Gasteiger partial charge in [0.15, 0.2) is 28.4 Å². The first kappa shape index (κ1) is 20.5. The Labute approximate surface area is 196 Å². The van der Waals surface area contributed by atoms with E-state index in [0.717, 1.165) is 18.2 Å². The van der Waals surface area contributed by atoms with Crippen molar-refractivity contribution in [2.24, 2.45) is 0 Å². The molecule has 0 unspecified atom stereocenters. The van der Waals surface area contributed by atoms with E-state index in [0.29, 0.717) is 33.7 Å². The van der Waals surface area contributed by atoms with Gasteiger partial charge in [0.1, 0.15) is 11.6 Å². The Morgan fingerprint density at radius 2 is 1.14 bits per heavy atom. The molecular formula is C26H10F4N2O4. The maximum atomic E-state index is 14.9. The normalized spacial score (nSPS) is 12.2. The Morgan fingerprint density at radius 1 is 0.639 bits per heavy atom. The third-order valence-electron chi connectivity index (χ3n) is 6.52. The van der Waals surface area contributed by atoms with E-state index in [1.807, 2.05) is 0 Å². The number of nitrogen functional groups attached to an aromatic ring is 1. The summed E-state index contributed by atoms with van der Waals surface area (Å²) >= 11 is 0. The van der Waals surface area contributed by atoms with E-state index in [1.54, 1.807) is 6.07 Å². The predicted octanol–water partition coefficient (Wildman–Crippen LogP) is 7.84. The molecule has 0 saturated carbocycles. The van der Waals surface area contributed by atoms with Gasteiger partial charge in [-0.05, 0) is 35.0 Å². The highest BCUT2D eigenvalue weighted by molar-refractivity contribution is 6.40. The summed E-state index contributed by atoms with van der Waals surface area (Å²) in [6.07, 6.45) is 0. The molecule has 0 radical (unpaired) electrons. The Kier molecular flexibility index (Phi) is 3.78. The minimum atomic E-state index is -1.05. The van der Waals surface area contributed by atoms with Crippen LogP contribution in [0.2, 0.25) is 0 Å². The van der Waals surface area contributed by atoms with Gasteiger partial charge in [-0.2, -0.15) is 0 Å². The third-order valence-corrected chi connectivity index (χ3v) is 6.52. The number of hydrogen-bond acceptors (Lipinski definition) is 5. The molecule has 36 heavy (non-hydrogen) atoms. The van der Waals surface area contributed by atoms with Gasteiger partial charge in [0, 0.05) is 50.5 Å². The van der Waals surface area contributed by atoms with E-state index in [4.69, 9.17) is 14.6 Å². The van der Waals surface area contributed by atoms with Gasteiger partial charge >= 0.3 is 5.69 Å². The van der Waals surface area contributed by atoms with E-state index in [2.05, 4.69) is 0 Å². The number of halogens is 4. The van der Waals surface area contributed by atoms with Crippen LogP contribution in [0, 0.1) is 33.4 Å². The molecule has 10 heteroatoms. The summed E-state index contributed by atoms with van der Waals surface area (Å²) in [5, 5.41) is 13.6. The topological polar surface area (TPSA) is 95.4 Å². The van der Waals surface area contributed by atoms with Gasteiger partial charge < -0.3 is 14.6 Å². The zero-order valence-corrected chi connectivity index (χ0v) is 17.8. The summed E-state index contributed by atoms with van der Waals surface area (Å²) in [5.74, 6) is -3.77. The second kappa shape index (κ2) is 6.63. The molecule has 7 rings (SSSR count). The summed E-state index contributed by atoms with van der Waals surface area (Å²) < 4.78 is 69.9. The Morgan fingerprint density at radius 3 is 1.69 bits per heavy atom. The highest BCUT2D eigenvalue weighted by atomic mass is 19.1. The number of benzene rings is 5. The molecule has 0 aliphatic rings. The van der Waals surface area contributed by atoms with Gasteiger partial charge in [-0.3, -0.25) is 10.1 Å². The fraction of sp³-hybridized carbons (Fsp3) is 0. The number of non-ortho nitro benzene ring substituents is 1. The number of rotatable bonds is 1. The number of nitro benzene ring substituents is 1. The number of nitrogens with two attached hydrogens (primary N) is 1. The van der Waals surface area contributed by atoms with Crippen LogP contribution in [0.4, 0.5) is 28.9 Å². The van der Waals surface area contributed by atoms with Gasteiger partial charge in [0.25, 0.3) is 0 Å². The van der Waals surface area contributed by atoms with Crippen LogP contribution in [0.1, 0.15) is 0 Å². The highest BCUT2D eigenvalue weighted by Crippen LogP contribution is 2.49. The molecular weight excluding hydrogens is 480 g/mol. The lowest BCUT2D eigenvalue weighted by atomic mass is 9.89. The molecule has 0 aliphatic carbocycles. The lowest BCUT2D eigenvalue weighted by molar-refractivity contribution is -0.383. The van der Waals surface area contributed by atoms with Crippen molar-refractivity contribution in [1.29, 1.82) is 0 Å². The minimum Gasteiger partial charge on any atom is -0.451 e. The van der Waals surface area contributed by atoms with E-state index >= 15 is 0 Å². The van der Waals surface area contributed by atoms with Crippen LogP contribution in [0.15, 0.2) is 57.4 Å². The largest absolute Gasteiger partial charge is 0.451 e. The van der Waals surface area contributed by atoms with Crippen molar-refractivity contribution < 1.29 is 31.3 Å². The molecule has 176 valence electrons. The molecule has 0 fully saturated rings. The molecule has 0 spiro atoms. The second-order valence-corrected chi connectivity index (χ2v) is 8.48. The lowest BCUT2D eigenvalue weighted by Gasteiger charge is -2.18. The average Bonchev–Trinajstić information content (AvgIpc) is 2.82. The quantitative estimate of drug-likeness (QED) is 0.0632. The van der Waals surface area contributed by atoms with Crippen LogP contribution in [0.5, 0.6) is 0 Å². The number of anilines is 1. The molecule has 0 amide bonds. The zero-order chi connectivity index (χ0) is 25.0. The molecule has 7 aromatic rings. The minimum absolute atomic E-state index is 0.0176. The van der Waals surface area contributed by atoms with Crippen molar-refractivity contribution in [2.75, 3.05) is 5.73 Å². The van der Waals surface area contributed by atoms with Crippen LogP contribution < -0.4 is 5.73 Å². The third kappa shape index (κ3) is 2.45. The molecule has 5 aromatic carbocycles. The van der Waals surface area contributed by atoms with E-state index in [9.17, 15) is 27.7 Å². The predicted molar refractivity (Wildman–Crippen MR) is 127 cm³/mol. The maximum Gasteiger partial charge on any atom is 0.312 e. The summed E-state index contributed by atoms with van der Waals surface area (Å²) in [7, 11) is 0. The lowest BCUT2D eigenvalue weighted by Crippen LogP contribution is -1.97. The van der Waals surface area contributed by atoms with Crippen LogP contribution in [0.25, 0.3) is 65.4 Å². The van der Waals surface area contributed by atoms with E-state index in [1.165, 1.54) is 12.1 Å². The molecule has 2 N–H and O–H groups in total. The van der Waals surface area contributed by atoms with Gasteiger partial charge in [0.2, 0.25) is 5.58 Å². The summed E-state index contributed by atoms with van der Waals surface area (Å²) in [5.41, 5.74) is 4.99. The number of nitrogens with zero attached hydrogens (tertiary/aromatic N) is 1. The first-order valence-corrected chi connectivity index (χ1v) is 10.6. The first-order chi connectivity index (χ1) is 17.2. The fourth-order valence-electron chi connectivity index (χ4n) is 5.17. The van der Waals surface area contributed by atoms with Crippen LogP contribution >= 0.6 is 0 Å². The van der Waals surface area contributed by atoms with Gasteiger partial charge in [-0.25, -0.2) is 17.6 Å². The number of hydrogen-bond donors (Lipinski definition) is 1. The van der Waals surface area contributed by atoms with Crippen LogP contribution in [0.3, 0.4) is 0 Å². The van der Waals surface area contributed by atoms with Crippen molar-refractivity contribution >= 4 is 76.8 Å². The van der Waals surface area contributed by atoms with Crippen molar-refractivity contribution in [1.82, 2.24) is 0 Å². The van der Waals surface area contributed by atoms with Crippen molar-refractivity contribution in [2.45, 2.75) is 0 Å². The van der Waals surface area contributed by atoms with Gasteiger partial charge in [0.05, 0.1) is 10.6 Å². The smallest absolute Gasteiger partial charge is 0.312 e. The summed E-state index contributed by atoms with van der Waals surface area (Å²) in [4.78, 5) is 11.2. The highest BCUT2D eigenvalue weighted by Gasteiger charge is 2.27. The molecule has 0 saturated heterocycles. The first-order valence-electron chi connectivity index (χ1n) is 10.6. The van der Waals surface area contributed by atoms with Crippen LogP contribution in [-0.4, -0.2) is 4.92 Å². The Balaban J connectivity index is 1.95. The Hall–Kier alpha value is -4.86. The molecule has 0 bridgehead atoms. The fourth-order valence-corrected chi connectivity index (χ4v) is 5.17. The number of fused-ring (bicyclic) bond motifs is 6. The van der Waals surface area contributed by atoms with Crippen molar-refractivity contribution in [3.63, 3.8) is 0 Å². The standard InChI is InChI=1S/C26H10F4N2O4/c27-9-5-13-19-12-2-4-18(32(33)34)26-22(12)20(14-6-10(28)8-16(30)24(14)36-26)11-1-3-17(31)25(21(11)19)35-23(13)15(29)7-9/h1-8H,31H2. The van der Waals surface area contributed by atoms with Crippen molar-refractivity contribution in [3.05, 3.63) is 81.9 Å². The number of nitro groups is 1. The maximum absolute atomic E-state index is 14.9. The second-order valence-electron chi connectivity index (χ2n) is 8.48. The molecule has 0 aliphatic heterocycles. The van der Waals surface area contributed by atoms with E-state index in [-0.39, 0.29) is 49.6 Å². The SMILES string of the molecule is Nc1ccc2c3c1oc1c(F)cc(F)cc1c3c1ccc([N+](=O)[O-])c3oc4c(F)cc(F)cc4c2c31. The molecule has 6 nitrogen and oxygen atoms in total.